The Hall–Kier alpha value is -1.35. The third kappa shape index (κ3) is 6.07. The van der Waals surface area contributed by atoms with Crippen molar-refractivity contribution in [1.29, 1.82) is 0 Å². The molecule has 0 aromatic heterocycles. The second kappa shape index (κ2) is 7.07. The van der Waals surface area contributed by atoms with Crippen LogP contribution < -0.4 is 0 Å². The SMILES string of the molecule is CC(O)CCc1ccc(CCCC(=O)O)cc1. The van der Waals surface area contributed by atoms with E-state index in [1.165, 1.54) is 11.1 Å². The minimum atomic E-state index is -0.737. The van der Waals surface area contributed by atoms with E-state index >= 15 is 0 Å². The molecule has 2 N–H and O–H groups in total. The first kappa shape index (κ1) is 13.7. The molecule has 0 aliphatic rings. The second-order valence-electron chi connectivity index (χ2n) is 4.45. The molecule has 0 fully saturated rings. The van der Waals surface area contributed by atoms with Crippen molar-refractivity contribution in [2.75, 3.05) is 0 Å². The minimum absolute atomic E-state index is 0.226. The third-order valence-corrected chi connectivity index (χ3v) is 2.73. The van der Waals surface area contributed by atoms with Crippen LogP contribution in [0.15, 0.2) is 24.3 Å². The van der Waals surface area contributed by atoms with Gasteiger partial charge in [-0.3, -0.25) is 4.79 Å². The first-order valence-electron chi connectivity index (χ1n) is 6.05. The monoisotopic (exact) mass is 236 g/mol. The molecule has 0 bridgehead atoms. The Kier molecular flexibility index (Phi) is 5.70. The Balaban J connectivity index is 2.36. The minimum Gasteiger partial charge on any atom is -0.481 e. The molecule has 3 nitrogen and oxygen atoms in total. The summed E-state index contributed by atoms with van der Waals surface area (Å²) in [5, 5.41) is 17.7. The highest BCUT2D eigenvalue weighted by Crippen LogP contribution is 2.10. The third-order valence-electron chi connectivity index (χ3n) is 2.73. The molecule has 1 aromatic rings. The number of benzene rings is 1. The molecule has 1 atom stereocenters. The van der Waals surface area contributed by atoms with Crippen molar-refractivity contribution >= 4 is 5.97 Å². The van der Waals surface area contributed by atoms with Gasteiger partial charge in [0.2, 0.25) is 0 Å². The highest BCUT2D eigenvalue weighted by Gasteiger charge is 2.00. The lowest BCUT2D eigenvalue weighted by atomic mass is 10.0. The lowest BCUT2D eigenvalue weighted by Crippen LogP contribution is -2.01. The van der Waals surface area contributed by atoms with Gasteiger partial charge in [-0.05, 0) is 43.7 Å². The topological polar surface area (TPSA) is 57.5 Å². The van der Waals surface area contributed by atoms with Crippen LogP contribution in [0.25, 0.3) is 0 Å². The van der Waals surface area contributed by atoms with Crippen molar-refractivity contribution in [2.45, 2.75) is 45.1 Å². The number of carboxylic acids is 1. The van der Waals surface area contributed by atoms with Crippen molar-refractivity contribution in [3.63, 3.8) is 0 Å². The van der Waals surface area contributed by atoms with Gasteiger partial charge in [0, 0.05) is 6.42 Å². The molecule has 1 unspecified atom stereocenters. The Morgan fingerprint density at radius 3 is 2.18 bits per heavy atom. The molecule has 0 spiro atoms. The number of hydrogen-bond acceptors (Lipinski definition) is 2. The van der Waals surface area contributed by atoms with Crippen molar-refractivity contribution in [3.05, 3.63) is 35.4 Å². The van der Waals surface area contributed by atoms with E-state index in [-0.39, 0.29) is 12.5 Å². The molecular formula is C14H20O3. The fourth-order valence-corrected chi connectivity index (χ4v) is 1.69. The Labute approximate surface area is 102 Å². The number of carboxylic acid groups (broad SMARTS) is 1. The number of aliphatic hydroxyl groups is 1. The van der Waals surface area contributed by atoms with E-state index in [9.17, 15) is 9.90 Å². The number of carbonyl (C=O) groups is 1. The molecule has 0 saturated carbocycles. The summed E-state index contributed by atoms with van der Waals surface area (Å²) in [6.07, 6.45) is 3.12. The molecule has 0 amide bonds. The zero-order valence-corrected chi connectivity index (χ0v) is 10.2. The lowest BCUT2D eigenvalue weighted by molar-refractivity contribution is -0.137. The first-order chi connectivity index (χ1) is 8.08. The molecular weight excluding hydrogens is 216 g/mol. The normalized spacial score (nSPS) is 12.4. The van der Waals surface area contributed by atoms with E-state index in [0.717, 1.165) is 19.3 Å². The fourth-order valence-electron chi connectivity index (χ4n) is 1.69. The summed E-state index contributed by atoms with van der Waals surface area (Å²) in [4.78, 5) is 10.4. The highest BCUT2D eigenvalue weighted by atomic mass is 16.4. The largest absolute Gasteiger partial charge is 0.481 e. The van der Waals surface area contributed by atoms with E-state index in [1.54, 1.807) is 6.92 Å². The molecule has 0 aliphatic carbocycles. The van der Waals surface area contributed by atoms with Crippen LogP contribution >= 0.6 is 0 Å². The van der Waals surface area contributed by atoms with Crippen LogP contribution in [0.5, 0.6) is 0 Å². The predicted molar refractivity (Wildman–Crippen MR) is 67.0 cm³/mol. The highest BCUT2D eigenvalue weighted by molar-refractivity contribution is 5.66. The quantitative estimate of drug-likeness (QED) is 0.764. The molecule has 1 rings (SSSR count). The van der Waals surface area contributed by atoms with E-state index in [2.05, 4.69) is 12.1 Å². The Morgan fingerprint density at radius 1 is 1.18 bits per heavy atom. The molecule has 0 heterocycles. The van der Waals surface area contributed by atoms with Crippen LogP contribution in [0.2, 0.25) is 0 Å². The molecule has 0 saturated heterocycles. The molecule has 3 heteroatoms. The van der Waals surface area contributed by atoms with Gasteiger partial charge in [0.15, 0.2) is 0 Å². The molecule has 17 heavy (non-hydrogen) atoms. The van der Waals surface area contributed by atoms with Gasteiger partial charge >= 0.3 is 5.97 Å². The lowest BCUT2D eigenvalue weighted by Gasteiger charge is -2.05. The predicted octanol–water partition coefficient (Wildman–Crippen LogP) is 2.41. The number of aliphatic hydroxyl groups excluding tert-OH is 1. The van der Waals surface area contributed by atoms with Gasteiger partial charge in [-0.1, -0.05) is 24.3 Å². The van der Waals surface area contributed by atoms with Crippen LogP contribution in [-0.4, -0.2) is 22.3 Å². The zero-order chi connectivity index (χ0) is 12.7. The van der Waals surface area contributed by atoms with Crippen LogP contribution in [0.1, 0.15) is 37.3 Å². The van der Waals surface area contributed by atoms with E-state index < -0.39 is 5.97 Å². The molecule has 94 valence electrons. The van der Waals surface area contributed by atoms with E-state index in [4.69, 9.17) is 5.11 Å². The number of hydrogen-bond donors (Lipinski definition) is 2. The maximum absolute atomic E-state index is 10.4. The van der Waals surface area contributed by atoms with E-state index in [0.29, 0.717) is 6.42 Å². The number of aliphatic carboxylic acids is 1. The van der Waals surface area contributed by atoms with Crippen LogP contribution in [0.3, 0.4) is 0 Å². The standard InChI is InChI=1S/C14H20O3/c1-11(15)5-6-13-9-7-12(8-10-13)3-2-4-14(16)17/h7-11,15H,2-6H2,1H3,(H,16,17). The summed E-state index contributed by atoms with van der Waals surface area (Å²) in [5.41, 5.74) is 2.39. The van der Waals surface area contributed by atoms with Crippen molar-refractivity contribution in [1.82, 2.24) is 0 Å². The van der Waals surface area contributed by atoms with Gasteiger partial charge in [-0.2, -0.15) is 0 Å². The maximum atomic E-state index is 10.4. The van der Waals surface area contributed by atoms with E-state index in [1.807, 2.05) is 12.1 Å². The average Bonchev–Trinajstić information content (AvgIpc) is 2.27. The van der Waals surface area contributed by atoms with Gasteiger partial charge in [-0.15, -0.1) is 0 Å². The van der Waals surface area contributed by atoms with Gasteiger partial charge < -0.3 is 10.2 Å². The smallest absolute Gasteiger partial charge is 0.303 e. The van der Waals surface area contributed by atoms with Crippen molar-refractivity contribution in [3.8, 4) is 0 Å². The average molecular weight is 236 g/mol. The maximum Gasteiger partial charge on any atom is 0.303 e. The summed E-state index contributed by atoms with van der Waals surface area (Å²) in [6.45, 7) is 1.79. The zero-order valence-electron chi connectivity index (χ0n) is 10.2. The summed E-state index contributed by atoms with van der Waals surface area (Å²) < 4.78 is 0. The van der Waals surface area contributed by atoms with Gasteiger partial charge in [0.05, 0.1) is 6.10 Å². The Bertz CT molecular complexity index is 341. The summed E-state index contributed by atoms with van der Waals surface area (Å²) in [7, 11) is 0. The number of aryl methyl sites for hydroxylation is 2. The molecule has 0 aliphatic heterocycles. The van der Waals surface area contributed by atoms with Gasteiger partial charge in [0.25, 0.3) is 0 Å². The summed E-state index contributed by atoms with van der Waals surface area (Å²) >= 11 is 0. The number of rotatable bonds is 7. The molecule has 1 aromatic carbocycles. The van der Waals surface area contributed by atoms with Crippen LogP contribution in [0.4, 0.5) is 0 Å². The van der Waals surface area contributed by atoms with Crippen LogP contribution in [-0.2, 0) is 17.6 Å². The second-order valence-corrected chi connectivity index (χ2v) is 4.45. The van der Waals surface area contributed by atoms with Crippen LogP contribution in [0, 0.1) is 0 Å². The van der Waals surface area contributed by atoms with Gasteiger partial charge in [0.1, 0.15) is 0 Å². The van der Waals surface area contributed by atoms with Crippen molar-refractivity contribution in [2.24, 2.45) is 0 Å². The fraction of sp³-hybridized carbons (Fsp3) is 0.500. The van der Waals surface area contributed by atoms with Gasteiger partial charge in [-0.25, -0.2) is 0 Å². The molecule has 0 radical (unpaired) electrons. The van der Waals surface area contributed by atoms with Crippen molar-refractivity contribution < 1.29 is 15.0 Å². The Morgan fingerprint density at radius 2 is 1.71 bits per heavy atom. The first-order valence-corrected chi connectivity index (χ1v) is 6.05. The summed E-state index contributed by atoms with van der Waals surface area (Å²) in [5.74, 6) is -0.737. The summed E-state index contributed by atoms with van der Waals surface area (Å²) in [6, 6.07) is 8.19.